The Morgan fingerprint density at radius 2 is 1.91 bits per heavy atom. The van der Waals surface area contributed by atoms with Crippen molar-refractivity contribution in [2.45, 2.75) is 18.9 Å². The molecule has 1 aliphatic rings. The molecule has 0 amide bonds. The summed E-state index contributed by atoms with van der Waals surface area (Å²) in [5.41, 5.74) is 6.59. The first-order valence-electron chi connectivity index (χ1n) is 9.69. The smallest absolute Gasteiger partial charge is 0.340 e. The monoisotopic (exact) mass is 456 g/mol. The Bertz CT molecular complexity index is 1330. The topological polar surface area (TPSA) is 112 Å². The average molecular weight is 457 g/mol. The second-order valence-electron chi connectivity index (χ2n) is 7.34. The summed E-state index contributed by atoms with van der Waals surface area (Å²) in [6.07, 6.45) is 0.254. The van der Waals surface area contributed by atoms with Crippen LogP contribution in [-0.2, 0) is 16.0 Å². The van der Waals surface area contributed by atoms with E-state index in [9.17, 15) is 19.5 Å². The summed E-state index contributed by atoms with van der Waals surface area (Å²) >= 11 is 6.07. The van der Waals surface area contributed by atoms with Crippen LogP contribution in [0.4, 0.5) is 10.1 Å². The van der Waals surface area contributed by atoms with Gasteiger partial charge in [-0.2, -0.15) is 0 Å². The third-order valence-electron chi connectivity index (χ3n) is 5.61. The zero-order chi connectivity index (χ0) is 23.2. The molecular formula is C23H18ClFN2O5. The molecule has 1 unspecified atom stereocenters. The number of nitrogens with zero attached hydrogens (tertiary/aromatic N) is 1. The van der Waals surface area contributed by atoms with Crippen molar-refractivity contribution in [3.8, 4) is 22.3 Å². The van der Waals surface area contributed by atoms with Gasteiger partial charge in [0.2, 0.25) is 0 Å². The summed E-state index contributed by atoms with van der Waals surface area (Å²) in [6, 6.07) is 9.61. The normalized spacial score (nSPS) is 14.8. The van der Waals surface area contributed by atoms with Crippen molar-refractivity contribution in [3.05, 3.63) is 74.9 Å². The summed E-state index contributed by atoms with van der Waals surface area (Å²) < 4.78 is 21.4. The minimum absolute atomic E-state index is 0.0302. The number of esters is 1. The van der Waals surface area contributed by atoms with E-state index in [2.05, 4.69) is 0 Å². The van der Waals surface area contributed by atoms with Gasteiger partial charge in [0, 0.05) is 34.1 Å². The van der Waals surface area contributed by atoms with E-state index < -0.39 is 29.4 Å². The number of nitrogen functional groups attached to an aromatic ring is 1. The number of rotatable bonds is 4. The molecule has 3 N–H and O–H groups in total. The number of ether oxygens (including phenoxy) is 1. The number of pyridine rings is 1. The van der Waals surface area contributed by atoms with Crippen molar-refractivity contribution in [2.24, 2.45) is 0 Å². The lowest BCUT2D eigenvalue weighted by Crippen LogP contribution is -2.29. The Morgan fingerprint density at radius 3 is 2.56 bits per heavy atom. The SMILES string of the molecule is COC(=O)c1c(-c2c(-c3ccccc3N)ccc(Cl)c2F)cc(=O)n2c1CCC2C(=O)O. The number of nitrogens with two attached hydrogens (primary N) is 1. The molecule has 0 bridgehead atoms. The van der Waals surface area contributed by atoms with E-state index in [0.717, 1.165) is 17.7 Å². The molecule has 0 fully saturated rings. The molecule has 4 rings (SSSR count). The van der Waals surface area contributed by atoms with Crippen molar-refractivity contribution in [1.29, 1.82) is 0 Å². The lowest BCUT2D eigenvalue weighted by Gasteiger charge is -2.19. The van der Waals surface area contributed by atoms with Gasteiger partial charge in [-0.15, -0.1) is 0 Å². The molecule has 164 valence electrons. The Balaban J connectivity index is 2.12. The molecule has 0 saturated carbocycles. The van der Waals surface area contributed by atoms with E-state index in [1.165, 1.54) is 6.07 Å². The van der Waals surface area contributed by atoms with Gasteiger partial charge >= 0.3 is 11.9 Å². The van der Waals surface area contributed by atoms with Crippen LogP contribution in [0.1, 0.15) is 28.5 Å². The molecule has 7 nitrogen and oxygen atoms in total. The van der Waals surface area contributed by atoms with Crippen LogP contribution in [0.25, 0.3) is 22.3 Å². The number of anilines is 1. The molecule has 3 aromatic rings. The molecule has 9 heteroatoms. The van der Waals surface area contributed by atoms with Crippen molar-refractivity contribution in [3.63, 3.8) is 0 Å². The summed E-state index contributed by atoms with van der Waals surface area (Å²) in [4.78, 5) is 37.4. The fourth-order valence-corrected chi connectivity index (χ4v) is 4.36. The standard InChI is InChI=1S/C23H18ClFN2O5/c1-32-23(31)20-13(10-18(28)27-16(20)8-9-17(27)22(29)30)19-12(6-7-14(24)21(19)25)11-4-2-3-5-15(11)26/h2-7,10,17H,8-9,26H2,1H3,(H,29,30). The molecule has 0 saturated heterocycles. The summed E-state index contributed by atoms with van der Waals surface area (Å²) in [6.45, 7) is 0. The van der Waals surface area contributed by atoms with E-state index in [1.807, 2.05) is 0 Å². The number of benzene rings is 2. The highest BCUT2D eigenvalue weighted by molar-refractivity contribution is 6.31. The number of aromatic nitrogens is 1. The minimum Gasteiger partial charge on any atom is -0.480 e. The molecule has 2 heterocycles. The summed E-state index contributed by atoms with van der Waals surface area (Å²) in [5.74, 6) is -2.85. The molecular weight excluding hydrogens is 439 g/mol. The number of hydrogen-bond acceptors (Lipinski definition) is 5. The highest BCUT2D eigenvalue weighted by Gasteiger charge is 2.35. The van der Waals surface area contributed by atoms with Gasteiger partial charge < -0.3 is 15.6 Å². The Hall–Kier alpha value is -3.65. The van der Waals surface area contributed by atoms with Crippen molar-refractivity contribution < 1.29 is 23.8 Å². The van der Waals surface area contributed by atoms with Gasteiger partial charge in [0.1, 0.15) is 11.9 Å². The van der Waals surface area contributed by atoms with E-state index in [1.54, 1.807) is 30.3 Å². The fraction of sp³-hybridized carbons (Fsp3) is 0.174. The molecule has 0 aliphatic carbocycles. The van der Waals surface area contributed by atoms with Crippen LogP contribution in [0, 0.1) is 5.82 Å². The third-order valence-corrected chi connectivity index (χ3v) is 5.90. The molecule has 0 radical (unpaired) electrons. The second-order valence-corrected chi connectivity index (χ2v) is 7.75. The number of hydrogen-bond donors (Lipinski definition) is 2. The molecule has 2 aromatic carbocycles. The van der Waals surface area contributed by atoms with E-state index in [4.69, 9.17) is 22.1 Å². The Morgan fingerprint density at radius 1 is 1.19 bits per heavy atom. The molecule has 0 spiro atoms. The van der Waals surface area contributed by atoms with Gasteiger partial charge in [-0.25, -0.2) is 14.0 Å². The van der Waals surface area contributed by atoms with Crippen molar-refractivity contribution >= 4 is 29.2 Å². The average Bonchev–Trinajstić information content (AvgIpc) is 3.21. The van der Waals surface area contributed by atoms with Crippen LogP contribution < -0.4 is 11.3 Å². The van der Waals surface area contributed by atoms with E-state index in [0.29, 0.717) is 16.8 Å². The van der Waals surface area contributed by atoms with Crippen LogP contribution in [0.5, 0.6) is 0 Å². The van der Waals surface area contributed by atoms with Crippen LogP contribution in [0.3, 0.4) is 0 Å². The van der Waals surface area contributed by atoms with Crippen LogP contribution in [0.2, 0.25) is 5.02 Å². The van der Waals surface area contributed by atoms with E-state index in [-0.39, 0.29) is 40.2 Å². The van der Waals surface area contributed by atoms with Gasteiger partial charge in [-0.3, -0.25) is 9.36 Å². The summed E-state index contributed by atoms with van der Waals surface area (Å²) in [5, 5.41) is 9.28. The van der Waals surface area contributed by atoms with Crippen molar-refractivity contribution in [1.82, 2.24) is 4.57 Å². The van der Waals surface area contributed by atoms with Crippen LogP contribution in [-0.4, -0.2) is 28.7 Å². The number of carboxylic acid groups (broad SMARTS) is 1. The molecule has 1 aromatic heterocycles. The maximum Gasteiger partial charge on any atom is 0.340 e. The minimum atomic E-state index is -1.19. The first-order chi connectivity index (χ1) is 15.3. The Kier molecular flexibility index (Phi) is 5.48. The fourth-order valence-electron chi connectivity index (χ4n) is 4.21. The zero-order valence-electron chi connectivity index (χ0n) is 16.9. The maximum atomic E-state index is 15.5. The van der Waals surface area contributed by atoms with Gasteiger partial charge in [0.25, 0.3) is 5.56 Å². The van der Waals surface area contributed by atoms with Gasteiger partial charge in [-0.05, 0) is 30.5 Å². The van der Waals surface area contributed by atoms with Gasteiger partial charge in [-0.1, -0.05) is 35.9 Å². The van der Waals surface area contributed by atoms with Crippen LogP contribution in [0.15, 0.2) is 47.3 Å². The predicted octanol–water partition coefficient (Wildman–Crippen LogP) is 3.92. The van der Waals surface area contributed by atoms with Gasteiger partial charge in [0.15, 0.2) is 0 Å². The molecule has 1 aliphatic heterocycles. The second kappa shape index (κ2) is 8.12. The summed E-state index contributed by atoms with van der Waals surface area (Å²) in [7, 11) is 1.16. The largest absolute Gasteiger partial charge is 0.480 e. The number of halogens is 2. The lowest BCUT2D eigenvalue weighted by atomic mass is 9.90. The van der Waals surface area contributed by atoms with Gasteiger partial charge in [0.05, 0.1) is 17.7 Å². The number of aliphatic carboxylic acids is 1. The number of carbonyl (C=O) groups is 2. The number of carboxylic acids is 1. The first-order valence-corrected chi connectivity index (χ1v) is 10.1. The highest BCUT2D eigenvalue weighted by Crippen LogP contribution is 2.42. The molecule has 1 atom stereocenters. The number of fused-ring (bicyclic) bond motifs is 1. The lowest BCUT2D eigenvalue weighted by molar-refractivity contribution is -0.140. The zero-order valence-corrected chi connectivity index (χ0v) is 17.6. The highest BCUT2D eigenvalue weighted by atomic mass is 35.5. The number of carbonyl (C=O) groups excluding carboxylic acids is 1. The number of methoxy groups -OCH3 is 1. The van der Waals surface area contributed by atoms with Crippen molar-refractivity contribution in [2.75, 3.05) is 12.8 Å². The van der Waals surface area contributed by atoms with Crippen LogP contribution >= 0.6 is 11.6 Å². The third kappa shape index (κ3) is 3.33. The molecule has 32 heavy (non-hydrogen) atoms. The van der Waals surface area contributed by atoms with E-state index >= 15 is 4.39 Å². The first kappa shape index (κ1) is 21.6. The number of para-hydroxylation sites is 1. The quantitative estimate of drug-likeness (QED) is 0.454. The maximum absolute atomic E-state index is 15.5. The predicted molar refractivity (Wildman–Crippen MR) is 117 cm³/mol. The Labute approximate surface area is 186 Å².